The summed E-state index contributed by atoms with van der Waals surface area (Å²) in [7, 11) is 1.56. The molecule has 0 unspecified atom stereocenters. The van der Waals surface area contributed by atoms with Gasteiger partial charge in [-0.05, 0) is 62.1 Å². The quantitative estimate of drug-likeness (QED) is 0.304. The molecule has 0 fully saturated rings. The Hall–Kier alpha value is -3.21. The maximum atomic E-state index is 9.67. The topological polar surface area (TPSA) is 42.2 Å². The van der Waals surface area contributed by atoms with Crippen LogP contribution in [0.5, 0.6) is 11.5 Å². The summed E-state index contributed by atoms with van der Waals surface area (Å²) in [6, 6.07) is 20.0. The lowest BCUT2D eigenvalue weighted by atomic mass is 10.00. The van der Waals surface area contributed by atoms with E-state index in [0.29, 0.717) is 21.5 Å². The minimum absolute atomic E-state index is 0.144. The second-order valence-corrected chi connectivity index (χ2v) is 6.61. The molecule has 3 aromatic rings. The summed E-state index contributed by atoms with van der Waals surface area (Å²) >= 11 is 3.48. The number of nitriles is 1. The summed E-state index contributed by atoms with van der Waals surface area (Å²) in [5, 5.41) is 11.9. The number of hydrogen-bond donors (Lipinski definition) is 0. The van der Waals surface area contributed by atoms with Gasteiger partial charge in [-0.3, -0.25) is 0 Å². The summed E-state index contributed by atoms with van der Waals surface area (Å²) in [6.07, 6.45) is 7.08. The maximum Gasteiger partial charge on any atom is 0.176 e. The van der Waals surface area contributed by atoms with Crippen molar-refractivity contribution in [2.45, 2.75) is 0 Å². The van der Waals surface area contributed by atoms with Gasteiger partial charge in [0.15, 0.2) is 11.5 Å². The Morgan fingerprint density at radius 1 is 1.15 bits per heavy atom. The van der Waals surface area contributed by atoms with Crippen molar-refractivity contribution in [1.82, 2.24) is 0 Å². The van der Waals surface area contributed by atoms with Gasteiger partial charge in [0.25, 0.3) is 0 Å². The Morgan fingerprint density at radius 3 is 2.63 bits per heavy atom. The van der Waals surface area contributed by atoms with Crippen LogP contribution in [0.3, 0.4) is 0 Å². The molecule has 0 bridgehead atoms. The van der Waals surface area contributed by atoms with Crippen LogP contribution in [0.4, 0.5) is 0 Å². The van der Waals surface area contributed by atoms with Gasteiger partial charge in [0.2, 0.25) is 0 Å². The molecule has 27 heavy (non-hydrogen) atoms. The van der Waals surface area contributed by atoms with Crippen molar-refractivity contribution >= 4 is 38.4 Å². The first-order chi connectivity index (χ1) is 13.2. The third-order valence-corrected chi connectivity index (χ3v) is 4.63. The molecule has 0 saturated heterocycles. The first kappa shape index (κ1) is 18.6. The van der Waals surface area contributed by atoms with Gasteiger partial charge in [-0.1, -0.05) is 42.3 Å². The smallest absolute Gasteiger partial charge is 0.176 e. The van der Waals surface area contributed by atoms with Crippen molar-refractivity contribution in [2.75, 3.05) is 13.7 Å². The van der Waals surface area contributed by atoms with E-state index in [9.17, 15) is 5.26 Å². The molecule has 0 amide bonds. The number of hydrogen-bond acceptors (Lipinski definition) is 3. The average molecular weight is 418 g/mol. The number of methoxy groups -OCH3 is 1. The highest BCUT2D eigenvalue weighted by atomic mass is 79.9. The van der Waals surface area contributed by atoms with E-state index in [-0.39, 0.29) is 6.61 Å². The van der Waals surface area contributed by atoms with E-state index in [0.717, 1.165) is 21.9 Å². The minimum atomic E-state index is 0.144. The molecule has 0 N–H and O–H groups in total. The van der Waals surface area contributed by atoms with Gasteiger partial charge in [0.05, 0.1) is 23.2 Å². The van der Waals surface area contributed by atoms with Crippen LogP contribution in [0, 0.1) is 23.7 Å². The van der Waals surface area contributed by atoms with E-state index in [1.807, 2.05) is 60.7 Å². The van der Waals surface area contributed by atoms with Gasteiger partial charge in [-0.2, -0.15) is 5.26 Å². The molecule has 0 radical (unpaired) electrons. The van der Waals surface area contributed by atoms with Crippen molar-refractivity contribution in [3.63, 3.8) is 0 Å². The molecule has 0 aliphatic rings. The van der Waals surface area contributed by atoms with Crippen molar-refractivity contribution < 1.29 is 9.47 Å². The van der Waals surface area contributed by atoms with Gasteiger partial charge < -0.3 is 9.47 Å². The zero-order chi connectivity index (χ0) is 19.2. The SMILES string of the molecule is C#CCOc1c(Br)cc(/C=C(/C#N)c2ccc3ccccc3c2)cc1OC. The lowest BCUT2D eigenvalue weighted by Crippen LogP contribution is -1.98. The van der Waals surface area contributed by atoms with E-state index in [1.165, 1.54) is 0 Å². The lowest BCUT2D eigenvalue weighted by Gasteiger charge is -2.12. The zero-order valence-electron chi connectivity index (χ0n) is 14.7. The Balaban J connectivity index is 2.03. The first-order valence-corrected chi connectivity index (χ1v) is 9.00. The number of benzene rings is 3. The molecule has 0 saturated carbocycles. The van der Waals surface area contributed by atoms with E-state index in [1.54, 1.807) is 7.11 Å². The molecule has 0 spiro atoms. The number of nitrogens with zero attached hydrogens (tertiary/aromatic N) is 1. The predicted octanol–water partition coefficient (Wildman–Crippen LogP) is 5.69. The van der Waals surface area contributed by atoms with Crippen LogP contribution in [0.2, 0.25) is 0 Å². The molecular formula is C23H16BrNO2. The standard InChI is InChI=1S/C23H16BrNO2/c1-3-10-27-23-21(24)12-16(13-22(23)26-2)11-20(15-25)19-9-8-17-6-4-5-7-18(17)14-19/h1,4-9,11-14H,10H2,2H3/b20-11-. The van der Waals surface area contributed by atoms with Gasteiger partial charge in [-0.15, -0.1) is 6.42 Å². The van der Waals surface area contributed by atoms with Crippen molar-refractivity contribution in [1.29, 1.82) is 5.26 Å². The number of rotatable bonds is 5. The normalized spacial score (nSPS) is 10.9. The second-order valence-electron chi connectivity index (χ2n) is 5.76. The predicted molar refractivity (Wildman–Crippen MR) is 112 cm³/mol. The van der Waals surface area contributed by atoms with Crippen LogP contribution in [0.1, 0.15) is 11.1 Å². The Morgan fingerprint density at radius 2 is 1.93 bits per heavy atom. The fourth-order valence-corrected chi connectivity index (χ4v) is 3.35. The van der Waals surface area contributed by atoms with E-state index in [4.69, 9.17) is 15.9 Å². The lowest BCUT2D eigenvalue weighted by molar-refractivity contribution is 0.329. The highest BCUT2D eigenvalue weighted by Crippen LogP contribution is 2.37. The van der Waals surface area contributed by atoms with E-state index < -0.39 is 0 Å². The number of allylic oxidation sites excluding steroid dienone is 1. The molecule has 3 aromatic carbocycles. The molecule has 132 valence electrons. The molecule has 0 atom stereocenters. The molecule has 3 nitrogen and oxygen atoms in total. The van der Waals surface area contributed by atoms with Crippen LogP contribution in [-0.4, -0.2) is 13.7 Å². The largest absolute Gasteiger partial charge is 0.493 e. The Kier molecular flexibility index (Phi) is 5.81. The van der Waals surface area contributed by atoms with Crippen LogP contribution < -0.4 is 9.47 Å². The summed E-state index contributed by atoms with van der Waals surface area (Å²) in [6.45, 7) is 0.144. The third kappa shape index (κ3) is 4.14. The molecule has 0 heterocycles. The third-order valence-electron chi connectivity index (χ3n) is 4.04. The molecule has 4 heteroatoms. The number of fused-ring (bicyclic) bond motifs is 1. The van der Waals surface area contributed by atoms with Gasteiger partial charge >= 0.3 is 0 Å². The summed E-state index contributed by atoms with van der Waals surface area (Å²) < 4.78 is 11.6. The van der Waals surface area contributed by atoms with Crippen molar-refractivity contribution in [3.8, 4) is 29.9 Å². The Bertz CT molecular complexity index is 1100. The summed E-state index contributed by atoms with van der Waals surface area (Å²) in [5.74, 6) is 3.52. The van der Waals surface area contributed by atoms with Crippen molar-refractivity contribution in [2.24, 2.45) is 0 Å². The number of ether oxygens (including phenoxy) is 2. The highest BCUT2D eigenvalue weighted by Gasteiger charge is 2.12. The van der Waals surface area contributed by atoms with E-state index in [2.05, 4.69) is 27.9 Å². The van der Waals surface area contributed by atoms with E-state index >= 15 is 0 Å². The van der Waals surface area contributed by atoms with Crippen molar-refractivity contribution in [3.05, 3.63) is 70.2 Å². The Labute approximate surface area is 167 Å². The van der Waals surface area contributed by atoms with Gasteiger partial charge in [0, 0.05) is 0 Å². The summed E-state index contributed by atoms with van der Waals surface area (Å²) in [4.78, 5) is 0. The summed E-state index contributed by atoms with van der Waals surface area (Å²) in [5.41, 5.74) is 2.24. The van der Waals surface area contributed by atoms with Crippen LogP contribution in [0.25, 0.3) is 22.4 Å². The van der Waals surface area contributed by atoms with Gasteiger partial charge in [0.1, 0.15) is 6.61 Å². The molecule has 3 rings (SSSR count). The second kappa shape index (κ2) is 8.45. The molecule has 0 aliphatic heterocycles. The molecule has 0 aliphatic carbocycles. The number of terminal acetylenes is 1. The molecule has 0 aromatic heterocycles. The molecular weight excluding hydrogens is 402 g/mol. The fraction of sp³-hybridized carbons (Fsp3) is 0.0870. The highest BCUT2D eigenvalue weighted by molar-refractivity contribution is 9.10. The average Bonchev–Trinajstić information content (AvgIpc) is 2.70. The zero-order valence-corrected chi connectivity index (χ0v) is 16.3. The maximum absolute atomic E-state index is 9.67. The number of halogens is 1. The van der Waals surface area contributed by atoms with Crippen LogP contribution in [0.15, 0.2) is 59.1 Å². The van der Waals surface area contributed by atoms with Gasteiger partial charge in [-0.25, -0.2) is 0 Å². The monoisotopic (exact) mass is 417 g/mol. The first-order valence-electron chi connectivity index (χ1n) is 8.21. The fourth-order valence-electron chi connectivity index (χ4n) is 2.78. The van der Waals surface area contributed by atoms with Crippen LogP contribution >= 0.6 is 15.9 Å². The minimum Gasteiger partial charge on any atom is -0.493 e. The van der Waals surface area contributed by atoms with Crippen LogP contribution in [-0.2, 0) is 0 Å².